The van der Waals surface area contributed by atoms with Crippen LogP contribution in [0, 0.1) is 20.8 Å². The first-order chi connectivity index (χ1) is 12.2. The quantitative estimate of drug-likeness (QED) is 0.722. The van der Waals surface area contributed by atoms with Crippen molar-refractivity contribution in [2.75, 3.05) is 4.72 Å². The molecule has 2 heterocycles. The fraction of sp³-hybridized carbons (Fsp3) is 0.294. The summed E-state index contributed by atoms with van der Waals surface area (Å²) in [5, 5.41) is 9.11. The molecule has 0 atom stereocenters. The summed E-state index contributed by atoms with van der Waals surface area (Å²) >= 11 is 6.22. The average Bonchev–Trinajstić information content (AvgIpc) is 3.04. The van der Waals surface area contributed by atoms with Crippen molar-refractivity contribution in [1.29, 1.82) is 0 Å². The molecule has 3 aromatic rings. The Kier molecular flexibility index (Phi) is 4.81. The highest BCUT2D eigenvalue weighted by Gasteiger charge is 2.23. The van der Waals surface area contributed by atoms with Crippen molar-refractivity contribution in [3.05, 3.63) is 58.1 Å². The molecule has 0 aliphatic carbocycles. The van der Waals surface area contributed by atoms with Crippen LogP contribution in [0.2, 0.25) is 5.02 Å². The topological polar surface area (TPSA) is 81.8 Å². The Bertz CT molecular complexity index is 1070. The molecule has 0 fully saturated rings. The fourth-order valence-electron chi connectivity index (χ4n) is 2.72. The highest BCUT2D eigenvalue weighted by molar-refractivity contribution is 7.92. The SMILES string of the molecule is Cc1nn(Cc2ccccc2Cl)c(C)c1NS(=O)(=O)c1cnn(C)c1C. The van der Waals surface area contributed by atoms with Crippen molar-refractivity contribution in [2.45, 2.75) is 32.2 Å². The van der Waals surface area contributed by atoms with Gasteiger partial charge in [-0.2, -0.15) is 10.2 Å². The molecule has 0 aliphatic rings. The maximum Gasteiger partial charge on any atom is 0.265 e. The molecule has 2 aromatic heterocycles. The first kappa shape index (κ1) is 18.5. The number of rotatable bonds is 5. The van der Waals surface area contributed by atoms with Gasteiger partial charge in [-0.1, -0.05) is 29.8 Å². The monoisotopic (exact) mass is 393 g/mol. The maximum atomic E-state index is 12.7. The van der Waals surface area contributed by atoms with Crippen molar-refractivity contribution in [3.63, 3.8) is 0 Å². The second-order valence-electron chi connectivity index (χ2n) is 6.12. The molecular weight excluding hydrogens is 374 g/mol. The minimum atomic E-state index is -3.75. The van der Waals surface area contributed by atoms with Crippen LogP contribution in [0.4, 0.5) is 5.69 Å². The first-order valence-corrected chi connectivity index (χ1v) is 9.85. The van der Waals surface area contributed by atoms with Gasteiger partial charge in [0.25, 0.3) is 10.0 Å². The van der Waals surface area contributed by atoms with Gasteiger partial charge in [0.15, 0.2) is 0 Å². The lowest BCUT2D eigenvalue weighted by Gasteiger charge is -2.09. The zero-order valence-corrected chi connectivity index (χ0v) is 16.6. The summed E-state index contributed by atoms with van der Waals surface area (Å²) < 4.78 is 31.4. The predicted octanol–water partition coefficient (Wildman–Crippen LogP) is 3.04. The molecular formula is C17H20ClN5O2S. The molecule has 0 unspecified atom stereocenters. The summed E-state index contributed by atoms with van der Waals surface area (Å²) in [6.07, 6.45) is 1.34. The lowest BCUT2D eigenvalue weighted by molar-refractivity contribution is 0.600. The number of nitrogens with one attached hydrogen (secondary N) is 1. The maximum absolute atomic E-state index is 12.7. The van der Waals surface area contributed by atoms with Gasteiger partial charge in [0.1, 0.15) is 4.90 Å². The van der Waals surface area contributed by atoms with Crippen LogP contribution in [0.5, 0.6) is 0 Å². The Morgan fingerprint density at radius 3 is 2.46 bits per heavy atom. The number of halogens is 1. The van der Waals surface area contributed by atoms with Gasteiger partial charge < -0.3 is 0 Å². The van der Waals surface area contributed by atoms with Crippen LogP contribution in [0.3, 0.4) is 0 Å². The second-order valence-corrected chi connectivity index (χ2v) is 8.18. The van der Waals surface area contributed by atoms with Gasteiger partial charge in [-0.05, 0) is 32.4 Å². The predicted molar refractivity (Wildman–Crippen MR) is 101 cm³/mol. The van der Waals surface area contributed by atoms with Gasteiger partial charge in [-0.3, -0.25) is 14.1 Å². The minimum Gasteiger partial charge on any atom is -0.276 e. The molecule has 1 aromatic carbocycles. The Morgan fingerprint density at radius 2 is 1.85 bits per heavy atom. The van der Waals surface area contributed by atoms with E-state index in [1.807, 2.05) is 31.2 Å². The largest absolute Gasteiger partial charge is 0.276 e. The zero-order chi connectivity index (χ0) is 19.1. The molecule has 0 amide bonds. The van der Waals surface area contributed by atoms with Gasteiger partial charge in [0, 0.05) is 12.1 Å². The Balaban J connectivity index is 1.94. The average molecular weight is 394 g/mol. The summed E-state index contributed by atoms with van der Waals surface area (Å²) in [4.78, 5) is 0.151. The van der Waals surface area contributed by atoms with Gasteiger partial charge in [0.2, 0.25) is 0 Å². The number of anilines is 1. The summed E-state index contributed by atoms with van der Waals surface area (Å²) in [5.41, 5.74) is 3.26. The molecule has 9 heteroatoms. The third-order valence-corrected chi connectivity index (χ3v) is 6.20. The van der Waals surface area contributed by atoms with Crippen molar-refractivity contribution >= 4 is 27.3 Å². The molecule has 0 spiro atoms. The minimum absolute atomic E-state index is 0.151. The van der Waals surface area contributed by atoms with Crippen LogP contribution in [0.1, 0.15) is 22.6 Å². The molecule has 1 N–H and O–H groups in total. The van der Waals surface area contributed by atoms with Gasteiger partial charge >= 0.3 is 0 Å². The molecule has 3 rings (SSSR count). The molecule has 0 saturated carbocycles. The molecule has 0 aliphatic heterocycles. The van der Waals surface area contributed by atoms with Crippen molar-refractivity contribution in [1.82, 2.24) is 19.6 Å². The van der Waals surface area contributed by atoms with E-state index < -0.39 is 10.0 Å². The summed E-state index contributed by atoms with van der Waals surface area (Å²) in [7, 11) is -2.05. The first-order valence-electron chi connectivity index (χ1n) is 7.99. The standard InChI is InChI=1S/C17H20ClN5O2S/c1-11-17(21-26(24,25)16-9-19-22(4)12(16)2)13(3)23(20-11)10-14-7-5-6-8-15(14)18/h5-9,21H,10H2,1-4H3. The molecule has 0 saturated heterocycles. The van der Waals surface area contributed by atoms with E-state index in [0.29, 0.717) is 34.3 Å². The van der Waals surface area contributed by atoms with E-state index in [2.05, 4.69) is 14.9 Å². The smallest absolute Gasteiger partial charge is 0.265 e. The van der Waals surface area contributed by atoms with Crippen molar-refractivity contribution in [3.8, 4) is 0 Å². The van der Waals surface area contributed by atoms with Crippen LogP contribution < -0.4 is 4.72 Å². The van der Waals surface area contributed by atoms with E-state index in [-0.39, 0.29) is 4.90 Å². The molecule has 0 radical (unpaired) electrons. The molecule has 0 bridgehead atoms. The molecule has 7 nitrogen and oxygen atoms in total. The zero-order valence-electron chi connectivity index (χ0n) is 15.0. The van der Waals surface area contributed by atoms with E-state index in [0.717, 1.165) is 5.56 Å². The van der Waals surface area contributed by atoms with Gasteiger partial charge in [0.05, 0.1) is 35.5 Å². The van der Waals surface area contributed by atoms with Crippen LogP contribution in [0.15, 0.2) is 35.4 Å². The third-order valence-electron chi connectivity index (χ3n) is 4.38. The highest BCUT2D eigenvalue weighted by Crippen LogP contribution is 2.26. The van der Waals surface area contributed by atoms with E-state index in [1.54, 1.807) is 25.6 Å². The third kappa shape index (κ3) is 3.34. The molecule has 138 valence electrons. The summed E-state index contributed by atoms with van der Waals surface area (Å²) in [6.45, 7) is 5.76. The van der Waals surface area contributed by atoms with Gasteiger partial charge in [-0.15, -0.1) is 0 Å². The molecule has 26 heavy (non-hydrogen) atoms. The Hall–Kier alpha value is -2.32. The number of aromatic nitrogens is 4. The Morgan fingerprint density at radius 1 is 1.15 bits per heavy atom. The van der Waals surface area contributed by atoms with Crippen LogP contribution >= 0.6 is 11.6 Å². The second kappa shape index (κ2) is 6.77. The van der Waals surface area contributed by atoms with E-state index in [1.165, 1.54) is 10.9 Å². The van der Waals surface area contributed by atoms with E-state index in [4.69, 9.17) is 11.6 Å². The van der Waals surface area contributed by atoms with Crippen LogP contribution in [-0.4, -0.2) is 28.0 Å². The number of sulfonamides is 1. The summed E-state index contributed by atoms with van der Waals surface area (Å²) in [6, 6.07) is 7.50. The number of aryl methyl sites for hydroxylation is 2. The van der Waals surface area contributed by atoms with Crippen molar-refractivity contribution < 1.29 is 8.42 Å². The number of nitrogens with zero attached hydrogens (tertiary/aromatic N) is 4. The summed E-state index contributed by atoms with van der Waals surface area (Å²) in [5.74, 6) is 0. The van der Waals surface area contributed by atoms with Crippen molar-refractivity contribution in [2.24, 2.45) is 7.05 Å². The number of hydrogen-bond donors (Lipinski definition) is 1. The van der Waals surface area contributed by atoms with E-state index >= 15 is 0 Å². The highest BCUT2D eigenvalue weighted by atomic mass is 35.5. The Labute approximate surface area is 157 Å². The van der Waals surface area contributed by atoms with Crippen LogP contribution in [0.25, 0.3) is 0 Å². The number of hydrogen-bond acceptors (Lipinski definition) is 4. The normalized spacial score (nSPS) is 11.7. The van der Waals surface area contributed by atoms with E-state index in [9.17, 15) is 8.42 Å². The fourth-order valence-corrected chi connectivity index (χ4v) is 4.29. The van der Waals surface area contributed by atoms with Gasteiger partial charge in [-0.25, -0.2) is 8.42 Å². The lowest BCUT2D eigenvalue weighted by atomic mass is 10.2. The van der Waals surface area contributed by atoms with Crippen LogP contribution in [-0.2, 0) is 23.6 Å². The number of benzene rings is 1. The lowest BCUT2D eigenvalue weighted by Crippen LogP contribution is -2.15.